The maximum atomic E-state index is 13.0. The standard InChI is InChI=1S/C17H18F6OP/c18-16(19,20)12-7-13(17(21,22)23)9-14(8-12)25(24)15-10-3-1-2-4-11(15)6-5-10/h7-11,15H,1-6H2/q+1. The Bertz CT molecular complexity index is 620. The normalized spacial score (nSPS) is 27.9. The molecule has 25 heavy (non-hydrogen) atoms. The molecule has 0 spiro atoms. The van der Waals surface area contributed by atoms with Crippen LogP contribution < -0.4 is 5.30 Å². The SMILES string of the molecule is O=[P+](c1cc(C(F)(F)F)cc(C(F)(F)F)c1)C1C2CCCCC1CC2. The Morgan fingerprint density at radius 2 is 1.20 bits per heavy atom. The summed E-state index contributed by atoms with van der Waals surface area (Å²) in [6.07, 6.45) is -4.42. The number of hydrogen-bond acceptors (Lipinski definition) is 1. The smallest absolute Gasteiger partial charge is 0.166 e. The van der Waals surface area contributed by atoms with Crippen LogP contribution in [-0.4, -0.2) is 5.66 Å². The Balaban J connectivity index is 2.02. The summed E-state index contributed by atoms with van der Waals surface area (Å²) in [5.41, 5.74) is -3.08. The van der Waals surface area contributed by atoms with Gasteiger partial charge in [0.05, 0.1) is 11.1 Å². The van der Waals surface area contributed by atoms with Crippen molar-refractivity contribution in [2.45, 2.75) is 56.5 Å². The maximum absolute atomic E-state index is 13.0. The molecule has 1 aromatic carbocycles. The molecule has 2 aliphatic carbocycles. The minimum atomic E-state index is -4.91. The first-order chi connectivity index (χ1) is 11.6. The van der Waals surface area contributed by atoms with Gasteiger partial charge in [0.25, 0.3) is 0 Å². The molecule has 0 radical (unpaired) electrons. The lowest BCUT2D eigenvalue weighted by Crippen LogP contribution is -2.22. The molecular weight excluding hydrogens is 365 g/mol. The quantitative estimate of drug-likeness (QED) is 0.443. The lowest BCUT2D eigenvalue weighted by Gasteiger charge is -2.14. The average molecular weight is 383 g/mol. The van der Waals surface area contributed by atoms with Gasteiger partial charge in [-0.3, -0.25) is 0 Å². The molecule has 2 bridgehead atoms. The summed E-state index contributed by atoms with van der Waals surface area (Å²) < 4.78 is 91.0. The zero-order valence-electron chi connectivity index (χ0n) is 13.3. The lowest BCUT2D eigenvalue weighted by atomic mass is 10.0. The second-order valence-electron chi connectivity index (χ2n) is 6.96. The van der Waals surface area contributed by atoms with Gasteiger partial charge in [-0.1, -0.05) is 17.4 Å². The van der Waals surface area contributed by atoms with E-state index in [-0.39, 0.29) is 28.9 Å². The summed E-state index contributed by atoms with van der Waals surface area (Å²) >= 11 is 0. The predicted octanol–water partition coefficient (Wildman–Crippen LogP) is 6.15. The van der Waals surface area contributed by atoms with Gasteiger partial charge in [-0.15, -0.1) is 0 Å². The highest BCUT2D eigenvalue weighted by atomic mass is 31.1. The van der Waals surface area contributed by atoms with E-state index in [2.05, 4.69) is 0 Å². The third-order valence-corrected chi connectivity index (χ3v) is 7.52. The fourth-order valence-electron chi connectivity index (χ4n) is 4.22. The van der Waals surface area contributed by atoms with Crippen molar-refractivity contribution in [1.82, 2.24) is 0 Å². The minimum absolute atomic E-state index is 0.0916. The van der Waals surface area contributed by atoms with E-state index in [9.17, 15) is 30.9 Å². The van der Waals surface area contributed by atoms with Crippen LogP contribution in [0.2, 0.25) is 0 Å². The Morgan fingerprint density at radius 1 is 0.760 bits per heavy atom. The molecule has 0 saturated heterocycles. The highest BCUT2D eigenvalue weighted by Crippen LogP contribution is 2.52. The number of alkyl halides is 6. The van der Waals surface area contributed by atoms with Crippen LogP contribution in [-0.2, 0) is 16.9 Å². The van der Waals surface area contributed by atoms with Crippen molar-refractivity contribution < 1.29 is 30.9 Å². The molecule has 2 saturated carbocycles. The van der Waals surface area contributed by atoms with E-state index in [1.807, 2.05) is 0 Å². The number of benzene rings is 1. The molecule has 3 atom stereocenters. The molecule has 1 nitrogen and oxygen atoms in total. The van der Waals surface area contributed by atoms with Crippen molar-refractivity contribution in [3.05, 3.63) is 29.3 Å². The second kappa shape index (κ2) is 6.57. The van der Waals surface area contributed by atoms with Gasteiger partial charge in [-0.25, -0.2) is 0 Å². The number of fused-ring (bicyclic) bond motifs is 2. The summed E-state index contributed by atoms with van der Waals surface area (Å²) in [5.74, 6) is 0.278. The van der Waals surface area contributed by atoms with Crippen molar-refractivity contribution in [3.8, 4) is 0 Å². The first-order valence-electron chi connectivity index (χ1n) is 8.33. The van der Waals surface area contributed by atoms with Crippen molar-refractivity contribution in [1.29, 1.82) is 0 Å². The van der Waals surface area contributed by atoms with Crippen LogP contribution in [0, 0.1) is 11.8 Å². The van der Waals surface area contributed by atoms with Crippen LogP contribution in [0.15, 0.2) is 18.2 Å². The molecule has 3 rings (SSSR count). The largest absolute Gasteiger partial charge is 0.416 e. The number of halogens is 6. The summed E-state index contributed by atoms with van der Waals surface area (Å²) in [6, 6.07) is 1.37. The highest BCUT2D eigenvalue weighted by Gasteiger charge is 2.51. The third kappa shape index (κ3) is 3.86. The van der Waals surface area contributed by atoms with Gasteiger partial charge in [-0.05, 0) is 31.7 Å². The Hall–Kier alpha value is -1.10. The monoisotopic (exact) mass is 383 g/mol. The first-order valence-corrected chi connectivity index (χ1v) is 9.66. The molecule has 138 valence electrons. The van der Waals surface area contributed by atoms with Crippen LogP contribution in [0.5, 0.6) is 0 Å². The molecule has 3 unspecified atom stereocenters. The van der Waals surface area contributed by atoms with E-state index in [0.717, 1.165) is 38.5 Å². The fraction of sp³-hybridized carbons (Fsp3) is 0.647. The number of rotatable bonds is 2. The van der Waals surface area contributed by atoms with Crippen molar-refractivity contribution in [3.63, 3.8) is 0 Å². The highest BCUT2D eigenvalue weighted by molar-refractivity contribution is 7.54. The van der Waals surface area contributed by atoms with Gasteiger partial charge in [0.2, 0.25) is 0 Å². The maximum Gasteiger partial charge on any atom is 0.416 e. The molecular formula is C17H18F6OP+. The van der Waals surface area contributed by atoms with Gasteiger partial charge in [0, 0.05) is 24.0 Å². The third-order valence-electron chi connectivity index (χ3n) is 5.37. The van der Waals surface area contributed by atoms with Gasteiger partial charge in [-0.2, -0.15) is 26.3 Å². The molecule has 8 heteroatoms. The predicted molar refractivity (Wildman–Crippen MR) is 82.2 cm³/mol. The average Bonchev–Trinajstić information content (AvgIpc) is 2.77. The van der Waals surface area contributed by atoms with Crippen LogP contribution in [0.3, 0.4) is 0 Å². The van der Waals surface area contributed by atoms with Crippen LogP contribution in [0.25, 0.3) is 0 Å². The molecule has 0 aliphatic heterocycles. The Kier molecular flexibility index (Phi) is 4.91. The van der Waals surface area contributed by atoms with E-state index < -0.39 is 31.3 Å². The lowest BCUT2D eigenvalue weighted by molar-refractivity contribution is -0.142. The summed E-state index contributed by atoms with van der Waals surface area (Å²) in [5, 5.41) is -0.319. The summed E-state index contributed by atoms with van der Waals surface area (Å²) in [7, 11) is -2.30. The molecule has 1 aromatic rings. The van der Waals surface area contributed by atoms with Gasteiger partial charge in [0.15, 0.2) is 11.0 Å². The van der Waals surface area contributed by atoms with E-state index in [1.165, 1.54) is 0 Å². The molecule has 2 fully saturated rings. The zero-order valence-corrected chi connectivity index (χ0v) is 14.2. The van der Waals surface area contributed by atoms with Gasteiger partial charge >= 0.3 is 20.2 Å². The Labute approximate surface area is 142 Å². The van der Waals surface area contributed by atoms with E-state index in [0.29, 0.717) is 12.1 Å². The molecule has 0 aromatic heterocycles. The van der Waals surface area contributed by atoms with Crippen molar-refractivity contribution >= 4 is 13.1 Å². The van der Waals surface area contributed by atoms with E-state index >= 15 is 0 Å². The summed E-state index contributed by atoms with van der Waals surface area (Å²) in [4.78, 5) is 0. The molecule has 0 amide bonds. The zero-order chi connectivity index (χ0) is 18.4. The van der Waals surface area contributed by atoms with Crippen molar-refractivity contribution in [2.75, 3.05) is 0 Å². The van der Waals surface area contributed by atoms with Crippen LogP contribution in [0.4, 0.5) is 26.3 Å². The second-order valence-corrected chi connectivity index (χ2v) is 8.73. The molecule has 0 N–H and O–H groups in total. The van der Waals surface area contributed by atoms with Gasteiger partial charge < -0.3 is 0 Å². The Morgan fingerprint density at radius 3 is 1.60 bits per heavy atom. The topological polar surface area (TPSA) is 17.1 Å². The minimum Gasteiger partial charge on any atom is -0.166 e. The van der Waals surface area contributed by atoms with Crippen LogP contribution >= 0.6 is 7.80 Å². The van der Waals surface area contributed by atoms with Crippen molar-refractivity contribution in [2.24, 2.45) is 11.8 Å². The van der Waals surface area contributed by atoms with E-state index in [1.54, 1.807) is 0 Å². The number of hydrogen-bond donors (Lipinski definition) is 0. The van der Waals surface area contributed by atoms with Gasteiger partial charge in [0.1, 0.15) is 0 Å². The molecule has 2 aliphatic rings. The fourth-order valence-corrected chi connectivity index (χ4v) is 6.46. The summed E-state index contributed by atoms with van der Waals surface area (Å²) in [6.45, 7) is 0. The van der Waals surface area contributed by atoms with E-state index in [4.69, 9.17) is 0 Å². The van der Waals surface area contributed by atoms with Crippen LogP contribution in [0.1, 0.15) is 49.7 Å². The molecule has 0 heterocycles. The first kappa shape index (κ1) is 18.7.